The third kappa shape index (κ3) is 5.21. The first-order chi connectivity index (χ1) is 16.6. The zero-order chi connectivity index (χ0) is 25.3. The standard InChI is InChI=1S/C27H31N5O2S/c1-16-17(2)35-26-23(16)24(20-12-10-19(11-13-20)9-7-8-14-28)29-21(15-22(33)34-27(4,5)6)25-31-30-18(3)32(25)26/h10-13,21H,8,14-15,28H2,1-6H3/t21-/m1/s1. The maximum atomic E-state index is 12.8. The molecule has 0 aliphatic carbocycles. The smallest absolute Gasteiger partial charge is 0.308 e. The van der Waals surface area contributed by atoms with Crippen molar-refractivity contribution in [3.8, 4) is 16.8 Å². The highest BCUT2D eigenvalue weighted by molar-refractivity contribution is 7.15. The van der Waals surface area contributed by atoms with Crippen LogP contribution >= 0.6 is 11.3 Å². The molecule has 182 valence electrons. The molecule has 2 aromatic heterocycles. The fraction of sp³-hybridized carbons (Fsp3) is 0.407. The van der Waals surface area contributed by atoms with Crippen molar-refractivity contribution in [2.24, 2.45) is 10.7 Å². The van der Waals surface area contributed by atoms with E-state index in [1.165, 1.54) is 4.88 Å². The first-order valence-electron chi connectivity index (χ1n) is 11.7. The predicted molar refractivity (Wildman–Crippen MR) is 139 cm³/mol. The van der Waals surface area contributed by atoms with Crippen molar-refractivity contribution < 1.29 is 9.53 Å². The summed E-state index contributed by atoms with van der Waals surface area (Å²) in [5.41, 5.74) is 9.90. The highest BCUT2D eigenvalue weighted by Gasteiger charge is 2.33. The quantitative estimate of drug-likeness (QED) is 0.428. The molecule has 0 fully saturated rings. The number of nitrogens with zero attached hydrogens (tertiary/aromatic N) is 4. The number of benzene rings is 1. The van der Waals surface area contributed by atoms with Gasteiger partial charge in [0.2, 0.25) is 0 Å². The van der Waals surface area contributed by atoms with Gasteiger partial charge < -0.3 is 10.5 Å². The average Bonchev–Trinajstić information content (AvgIpc) is 3.25. The van der Waals surface area contributed by atoms with Crippen molar-refractivity contribution >= 4 is 23.0 Å². The van der Waals surface area contributed by atoms with Gasteiger partial charge in [0, 0.05) is 34.5 Å². The van der Waals surface area contributed by atoms with Crippen molar-refractivity contribution in [3.63, 3.8) is 0 Å². The third-order valence-electron chi connectivity index (χ3n) is 5.68. The van der Waals surface area contributed by atoms with Crippen LogP contribution in [0.3, 0.4) is 0 Å². The molecule has 0 bridgehead atoms. The summed E-state index contributed by atoms with van der Waals surface area (Å²) in [6.07, 6.45) is 0.741. The summed E-state index contributed by atoms with van der Waals surface area (Å²) in [6.45, 7) is 12.3. The maximum Gasteiger partial charge on any atom is 0.308 e. The third-order valence-corrected chi connectivity index (χ3v) is 6.87. The van der Waals surface area contributed by atoms with Crippen molar-refractivity contribution in [3.05, 3.63) is 63.0 Å². The maximum absolute atomic E-state index is 12.8. The number of fused-ring (bicyclic) bond motifs is 3. The fourth-order valence-corrected chi connectivity index (χ4v) is 5.23. The number of aliphatic imine (C=N–C) groups is 1. The molecule has 4 rings (SSSR count). The van der Waals surface area contributed by atoms with Gasteiger partial charge in [0.1, 0.15) is 22.5 Å². The van der Waals surface area contributed by atoms with E-state index < -0.39 is 11.6 Å². The van der Waals surface area contributed by atoms with Gasteiger partial charge in [-0.1, -0.05) is 24.0 Å². The van der Waals surface area contributed by atoms with Crippen LogP contribution in [0.15, 0.2) is 29.3 Å². The van der Waals surface area contributed by atoms with E-state index in [1.54, 1.807) is 11.3 Å². The second-order valence-electron chi connectivity index (χ2n) is 9.61. The van der Waals surface area contributed by atoms with Crippen molar-refractivity contribution in [2.75, 3.05) is 6.54 Å². The Morgan fingerprint density at radius 1 is 1.17 bits per heavy atom. The monoisotopic (exact) mass is 489 g/mol. The van der Waals surface area contributed by atoms with E-state index in [0.29, 0.717) is 18.8 Å². The molecule has 1 aliphatic heterocycles. The molecule has 0 saturated heterocycles. The predicted octanol–water partition coefficient (Wildman–Crippen LogP) is 4.58. The highest BCUT2D eigenvalue weighted by Crippen LogP contribution is 2.39. The molecular formula is C27H31N5O2S. The van der Waals surface area contributed by atoms with Gasteiger partial charge in [-0.25, -0.2) is 0 Å². The summed E-state index contributed by atoms with van der Waals surface area (Å²) in [5, 5.41) is 9.80. The Kier molecular flexibility index (Phi) is 6.93. The minimum absolute atomic E-state index is 0.0779. The highest BCUT2D eigenvalue weighted by atomic mass is 32.1. The molecule has 2 N–H and O–H groups in total. The van der Waals surface area contributed by atoms with Crippen molar-refractivity contribution in [1.82, 2.24) is 14.8 Å². The number of hydrogen-bond acceptors (Lipinski definition) is 7. The molecule has 0 spiro atoms. The van der Waals surface area contributed by atoms with Crippen LogP contribution in [0.5, 0.6) is 0 Å². The number of hydrogen-bond donors (Lipinski definition) is 1. The number of ether oxygens (including phenoxy) is 1. The van der Waals surface area contributed by atoms with Gasteiger partial charge in [0.05, 0.1) is 12.1 Å². The molecule has 8 heteroatoms. The first-order valence-corrected chi connectivity index (χ1v) is 12.5. The number of esters is 1. The molecule has 0 saturated carbocycles. The lowest BCUT2D eigenvalue weighted by molar-refractivity contribution is -0.155. The van der Waals surface area contributed by atoms with Gasteiger partial charge >= 0.3 is 5.97 Å². The van der Waals surface area contributed by atoms with Gasteiger partial charge in [-0.15, -0.1) is 21.5 Å². The Bertz CT molecular complexity index is 1350. The average molecular weight is 490 g/mol. The second kappa shape index (κ2) is 9.76. The molecule has 1 aliphatic rings. The number of aryl methyl sites for hydroxylation is 2. The zero-order valence-corrected chi connectivity index (χ0v) is 21.9. The van der Waals surface area contributed by atoms with E-state index in [0.717, 1.165) is 38.8 Å². The van der Waals surface area contributed by atoms with Crippen LogP contribution in [0, 0.1) is 32.6 Å². The molecule has 1 aromatic carbocycles. The van der Waals surface area contributed by atoms with Crippen LogP contribution in [0.4, 0.5) is 0 Å². The number of aromatic nitrogens is 3. The van der Waals surface area contributed by atoms with E-state index in [2.05, 4.69) is 35.9 Å². The molecule has 3 aromatic rings. The Morgan fingerprint density at radius 2 is 1.89 bits per heavy atom. The number of carbonyl (C=O) groups is 1. The summed E-state index contributed by atoms with van der Waals surface area (Å²) >= 11 is 1.69. The van der Waals surface area contributed by atoms with E-state index in [4.69, 9.17) is 15.5 Å². The lowest BCUT2D eigenvalue weighted by atomic mass is 9.98. The number of carbonyl (C=O) groups excluding carboxylic acids is 1. The van der Waals surface area contributed by atoms with Gasteiger partial charge in [0.25, 0.3) is 0 Å². The minimum Gasteiger partial charge on any atom is -0.460 e. The van der Waals surface area contributed by atoms with Gasteiger partial charge in [-0.05, 0) is 59.2 Å². The lowest BCUT2D eigenvalue weighted by Crippen LogP contribution is -2.25. The van der Waals surface area contributed by atoms with Crippen LogP contribution < -0.4 is 5.73 Å². The molecule has 0 radical (unpaired) electrons. The molecule has 7 nitrogen and oxygen atoms in total. The van der Waals surface area contributed by atoms with Crippen molar-refractivity contribution in [1.29, 1.82) is 0 Å². The Labute approximate surface area is 210 Å². The SMILES string of the molecule is Cc1sc2c(c1C)C(c1ccc(C#CCCN)cc1)=N[C@H](CC(=O)OC(C)(C)C)c1nnc(C)n1-2. The summed E-state index contributed by atoms with van der Waals surface area (Å²) in [7, 11) is 0. The van der Waals surface area contributed by atoms with Gasteiger partial charge in [-0.3, -0.25) is 14.4 Å². The van der Waals surface area contributed by atoms with Crippen LogP contribution in [0.25, 0.3) is 5.00 Å². The van der Waals surface area contributed by atoms with Gasteiger partial charge in [0.15, 0.2) is 5.82 Å². The summed E-state index contributed by atoms with van der Waals surface area (Å²) in [5.74, 6) is 7.31. The van der Waals surface area contributed by atoms with Crippen LogP contribution in [0.1, 0.15) is 78.4 Å². The Morgan fingerprint density at radius 3 is 2.54 bits per heavy atom. The summed E-state index contributed by atoms with van der Waals surface area (Å²) in [4.78, 5) is 19.2. The zero-order valence-electron chi connectivity index (χ0n) is 21.1. The Hall–Kier alpha value is -3.28. The fourth-order valence-electron chi connectivity index (χ4n) is 4.01. The second-order valence-corrected chi connectivity index (χ2v) is 10.8. The summed E-state index contributed by atoms with van der Waals surface area (Å²) in [6, 6.07) is 7.53. The minimum atomic E-state index is -0.578. The van der Waals surface area contributed by atoms with Crippen LogP contribution in [-0.4, -0.2) is 38.6 Å². The number of rotatable bonds is 4. The Balaban J connectivity index is 1.84. The largest absolute Gasteiger partial charge is 0.460 e. The lowest BCUT2D eigenvalue weighted by Gasteiger charge is -2.21. The topological polar surface area (TPSA) is 95.4 Å². The number of thiophene rings is 1. The first kappa shape index (κ1) is 24.8. The van der Waals surface area contributed by atoms with E-state index >= 15 is 0 Å². The van der Waals surface area contributed by atoms with E-state index in [-0.39, 0.29) is 12.4 Å². The molecule has 0 unspecified atom stereocenters. The van der Waals surface area contributed by atoms with Crippen molar-refractivity contribution in [2.45, 2.75) is 66.0 Å². The number of nitrogens with two attached hydrogens (primary N) is 1. The molecule has 3 heterocycles. The molecule has 0 amide bonds. The molecule has 1 atom stereocenters. The van der Waals surface area contributed by atoms with E-state index in [1.807, 2.05) is 56.5 Å². The van der Waals surface area contributed by atoms with E-state index in [9.17, 15) is 4.79 Å². The van der Waals surface area contributed by atoms with Gasteiger partial charge in [-0.2, -0.15) is 0 Å². The normalized spacial score (nSPS) is 14.8. The molecule has 35 heavy (non-hydrogen) atoms. The summed E-state index contributed by atoms with van der Waals surface area (Å²) < 4.78 is 7.66. The van der Waals surface area contributed by atoms with Crippen LogP contribution in [0.2, 0.25) is 0 Å². The van der Waals surface area contributed by atoms with Crippen LogP contribution in [-0.2, 0) is 9.53 Å². The molecular weight excluding hydrogens is 458 g/mol.